The van der Waals surface area contributed by atoms with Gasteiger partial charge < -0.3 is 9.88 Å². The molecule has 114 valence electrons. The van der Waals surface area contributed by atoms with Crippen molar-refractivity contribution in [3.05, 3.63) is 47.8 Å². The highest BCUT2D eigenvalue weighted by Crippen LogP contribution is 2.22. The van der Waals surface area contributed by atoms with Gasteiger partial charge in [0.25, 0.3) is 0 Å². The predicted molar refractivity (Wildman–Crippen MR) is 84.6 cm³/mol. The number of nitrogens with two attached hydrogens (primary N) is 1. The molecular formula is C15H21N3O2S. The van der Waals surface area contributed by atoms with Crippen LogP contribution in [-0.2, 0) is 23.1 Å². The van der Waals surface area contributed by atoms with Crippen molar-refractivity contribution in [2.45, 2.75) is 38.3 Å². The van der Waals surface area contributed by atoms with Crippen LogP contribution in [0.15, 0.2) is 41.6 Å². The predicted octanol–water partition coefficient (Wildman–Crippen LogP) is 2.47. The van der Waals surface area contributed by atoms with E-state index in [1.165, 1.54) is 6.07 Å². The highest BCUT2D eigenvalue weighted by Gasteiger charge is 2.13. The average Bonchev–Trinajstić information content (AvgIpc) is 2.84. The van der Waals surface area contributed by atoms with Crippen molar-refractivity contribution in [1.82, 2.24) is 4.57 Å². The number of hydrogen-bond donors (Lipinski definition) is 2. The quantitative estimate of drug-likeness (QED) is 0.860. The molecule has 0 aliphatic carbocycles. The standard InChI is InChI=1S/C15H21N3O2S/c1-3-8-18-9-7-13(11-18)10-17-14-5-4-6-15(12(14)2)21(16,19)20/h4-7,9,11,17H,3,8,10H2,1-2H3,(H2,16,19,20). The number of sulfonamides is 1. The zero-order valence-corrected chi connectivity index (χ0v) is 13.2. The SMILES string of the molecule is CCCn1ccc(CNc2cccc(S(N)(=O)=O)c2C)c1. The molecule has 0 spiro atoms. The fourth-order valence-electron chi connectivity index (χ4n) is 2.30. The average molecular weight is 307 g/mol. The first-order valence-electron chi connectivity index (χ1n) is 6.92. The van der Waals surface area contributed by atoms with E-state index in [2.05, 4.69) is 29.1 Å². The van der Waals surface area contributed by atoms with Gasteiger partial charge in [-0.2, -0.15) is 0 Å². The Kier molecular flexibility index (Phi) is 4.69. The summed E-state index contributed by atoms with van der Waals surface area (Å²) in [7, 11) is -3.69. The van der Waals surface area contributed by atoms with Crippen LogP contribution < -0.4 is 10.5 Å². The zero-order chi connectivity index (χ0) is 15.5. The summed E-state index contributed by atoms with van der Waals surface area (Å²) in [4.78, 5) is 0.163. The normalized spacial score (nSPS) is 11.6. The van der Waals surface area contributed by atoms with Gasteiger partial charge in [-0.25, -0.2) is 13.6 Å². The molecule has 0 saturated heterocycles. The van der Waals surface area contributed by atoms with E-state index >= 15 is 0 Å². The van der Waals surface area contributed by atoms with Crippen molar-refractivity contribution in [3.8, 4) is 0 Å². The molecule has 0 aliphatic heterocycles. The number of rotatable bonds is 6. The van der Waals surface area contributed by atoms with Gasteiger partial charge in [0.05, 0.1) is 4.90 Å². The Morgan fingerprint density at radius 2 is 2.05 bits per heavy atom. The number of nitrogens with one attached hydrogen (secondary N) is 1. The third kappa shape index (κ3) is 3.86. The summed E-state index contributed by atoms with van der Waals surface area (Å²) >= 11 is 0. The van der Waals surface area contributed by atoms with Crippen molar-refractivity contribution in [2.75, 3.05) is 5.32 Å². The first-order chi connectivity index (χ1) is 9.91. The number of hydrogen-bond acceptors (Lipinski definition) is 3. The number of aryl methyl sites for hydroxylation is 1. The second-order valence-electron chi connectivity index (χ2n) is 5.08. The van der Waals surface area contributed by atoms with Gasteiger partial charge >= 0.3 is 0 Å². The van der Waals surface area contributed by atoms with Crippen LogP contribution in [0.3, 0.4) is 0 Å². The third-order valence-electron chi connectivity index (χ3n) is 3.37. The molecule has 0 amide bonds. The van der Waals surface area contributed by atoms with Crippen LogP contribution >= 0.6 is 0 Å². The molecule has 1 heterocycles. The fraction of sp³-hybridized carbons (Fsp3) is 0.333. The Morgan fingerprint density at radius 3 is 2.71 bits per heavy atom. The molecule has 6 heteroatoms. The van der Waals surface area contributed by atoms with Gasteiger partial charge in [0.1, 0.15) is 0 Å². The maximum absolute atomic E-state index is 11.5. The minimum absolute atomic E-state index is 0.163. The fourth-order valence-corrected chi connectivity index (χ4v) is 3.11. The van der Waals surface area contributed by atoms with Gasteiger partial charge in [-0.15, -0.1) is 0 Å². The second kappa shape index (κ2) is 6.32. The third-order valence-corrected chi connectivity index (χ3v) is 4.42. The minimum Gasteiger partial charge on any atom is -0.381 e. The number of anilines is 1. The first kappa shape index (κ1) is 15.6. The number of aromatic nitrogens is 1. The maximum atomic E-state index is 11.5. The van der Waals surface area contributed by atoms with Crippen molar-refractivity contribution >= 4 is 15.7 Å². The lowest BCUT2D eigenvalue weighted by molar-refractivity contribution is 0.597. The Morgan fingerprint density at radius 1 is 1.29 bits per heavy atom. The highest BCUT2D eigenvalue weighted by molar-refractivity contribution is 7.89. The van der Waals surface area contributed by atoms with E-state index in [1.54, 1.807) is 13.0 Å². The summed E-state index contributed by atoms with van der Waals surface area (Å²) in [5.41, 5.74) is 2.58. The molecule has 2 rings (SSSR count). The largest absolute Gasteiger partial charge is 0.381 e. The summed E-state index contributed by atoms with van der Waals surface area (Å²) in [5, 5.41) is 8.48. The topological polar surface area (TPSA) is 77.1 Å². The zero-order valence-electron chi connectivity index (χ0n) is 12.3. The second-order valence-corrected chi connectivity index (χ2v) is 6.61. The van der Waals surface area contributed by atoms with E-state index in [4.69, 9.17) is 5.14 Å². The molecule has 0 bridgehead atoms. The summed E-state index contributed by atoms with van der Waals surface area (Å²) < 4.78 is 25.1. The summed E-state index contributed by atoms with van der Waals surface area (Å²) in [5.74, 6) is 0. The molecule has 0 radical (unpaired) electrons. The lowest BCUT2D eigenvalue weighted by atomic mass is 10.2. The van der Waals surface area contributed by atoms with Gasteiger partial charge in [0.2, 0.25) is 10.0 Å². The Hall–Kier alpha value is -1.79. The number of primary sulfonamides is 1. The molecule has 0 fully saturated rings. The monoisotopic (exact) mass is 307 g/mol. The van der Waals surface area contributed by atoms with E-state index in [0.717, 1.165) is 24.2 Å². The van der Waals surface area contributed by atoms with Gasteiger partial charge in [0.15, 0.2) is 0 Å². The van der Waals surface area contributed by atoms with Crippen molar-refractivity contribution in [3.63, 3.8) is 0 Å². The van der Waals surface area contributed by atoms with Gasteiger partial charge in [-0.1, -0.05) is 13.0 Å². The molecule has 1 aromatic carbocycles. The first-order valence-corrected chi connectivity index (χ1v) is 8.47. The van der Waals surface area contributed by atoms with Gasteiger partial charge in [-0.3, -0.25) is 0 Å². The Balaban J connectivity index is 2.13. The molecular weight excluding hydrogens is 286 g/mol. The van der Waals surface area contributed by atoms with Crippen LogP contribution in [0.25, 0.3) is 0 Å². The van der Waals surface area contributed by atoms with E-state index in [0.29, 0.717) is 12.1 Å². The smallest absolute Gasteiger partial charge is 0.238 e. The van der Waals surface area contributed by atoms with E-state index < -0.39 is 10.0 Å². The van der Waals surface area contributed by atoms with Crippen LogP contribution in [-0.4, -0.2) is 13.0 Å². The van der Waals surface area contributed by atoms with Gasteiger partial charge in [0, 0.05) is 31.2 Å². The summed E-state index contributed by atoms with van der Waals surface area (Å²) in [6.07, 6.45) is 5.24. The molecule has 0 saturated carbocycles. The molecule has 0 aliphatic rings. The highest BCUT2D eigenvalue weighted by atomic mass is 32.2. The van der Waals surface area contributed by atoms with Gasteiger partial charge in [-0.05, 0) is 42.7 Å². The molecule has 0 unspecified atom stereocenters. The van der Waals surface area contributed by atoms with Crippen molar-refractivity contribution in [2.24, 2.45) is 5.14 Å². The van der Waals surface area contributed by atoms with E-state index in [-0.39, 0.29) is 4.90 Å². The molecule has 21 heavy (non-hydrogen) atoms. The summed E-state index contributed by atoms with van der Waals surface area (Å²) in [6, 6.07) is 7.12. The molecule has 3 N–H and O–H groups in total. The van der Waals surface area contributed by atoms with E-state index in [1.807, 2.05) is 12.3 Å². The van der Waals surface area contributed by atoms with Crippen LogP contribution in [0.2, 0.25) is 0 Å². The Bertz CT molecular complexity index is 720. The minimum atomic E-state index is -3.69. The molecule has 2 aromatic rings. The van der Waals surface area contributed by atoms with Crippen LogP contribution in [0.1, 0.15) is 24.5 Å². The Labute approximate surface area is 125 Å². The lowest BCUT2D eigenvalue weighted by Crippen LogP contribution is -2.14. The summed E-state index contributed by atoms with van der Waals surface area (Å²) in [6.45, 7) is 5.54. The maximum Gasteiger partial charge on any atom is 0.238 e. The van der Waals surface area contributed by atoms with E-state index in [9.17, 15) is 8.42 Å². The van der Waals surface area contributed by atoms with Crippen LogP contribution in [0.5, 0.6) is 0 Å². The molecule has 1 aromatic heterocycles. The van der Waals surface area contributed by atoms with Crippen LogP contribution in [0, 0.1) is 6.92 Å². The van der Waals surface area contributed by atoms with Crippen molar-refractivity contribution in [1.29, 1.82) is 0 Å². The van der Waals surface area contributed by atoms with Crippen LogP contribution in [0.4, 0.5) is 5.69 Å². The molecule has 5 nitrogen and oxygen atoms in total. The number of benzene rings is 1. The van der Waals surface area contributed by atoms with Crippen molar-refractivity contribution < 1.29 is 8.42 Å². The molecule has 0 atom stereocenters. The lowest BCUT2D eigenvalue weighted by Gasteiger charge is -2.11. The number of nitrogens with zero attached hydrogens (tertiary/aromatic N) is 1.